The third kappa shape index (κ3) is 2.95. The average molecular weight is 341 g/mol. The number of piperidine rings is 1. The van der Waals surface area contributed by atoms with E-state index >= 15 is 0 Å². The Morgan fingerprint density at radius 2 is 2.24 bits per heavy atom. The van der Waals surface area contributed by atoms with Crippen molar-refractivity contribution < 1.29 is 9.32 Å². The van der Waals surface area contributed by atoms with Crippen LogP contribution in [0, 0.1) is 6.92 Å². The quantitative estimate of drug-likeness (QED) is 0.777. The van der Waals surface area contributed by atoms with Crippen molar-refractivity contribution in [3.63, 3.8) is 0 Å². The maximum atomic E-state index is 12.7. The minimum Gasteiger partial charge on any atom is -0.340 e. The topological polar surface area (TPSA) is 97.0 Å². The number of fused-ring (bicyclic) bond motifs is 1. The predicted octanol–water partition coefficient (Wildman–Crippen LogP) is 1.43. The summed E-state index contributed by atoms with van der Waals surface area (Å²) in [5.74, 6) is 1.19. The molecule has 4 rings (SSSR count). The molecule has 1 fully saturated rings. The minimum absolute atomic E-state index is 0.0286. The van der Waals surface area contributed by atoms with Gasteiger partial charge in [-0.2, -0.15) is 4.98 Å². The van der Waals surface area contributed by atoms with Crippen LogP contribution in [0.5, 0.6) is 0 Å². The van der Waals surface area contributed by atoms with Crippen LogP contribution in [0.2, 0.25) is 0 Å². The average Bonchev–Trinajstić information content (AvgIpc) is 3.19. The summed E-state index contributed by atoms with van der Waals surface area (Å²) in [6.45, 7) is 3.02. The molecule has 2 aromatic heterocycles. The van der Waals surface area contributed by atoms with Crippen LogP contribution >= 0.6 is 0 Å². The monoisotopic (exact) mass is 341 g/mol. The number of aromatic amines is 1. The van der Waals surface area contributed by atoms with E-state index in [1.165, 1.54) is 4.57 Å². The number of likely N-dealkylation sites (tertiary alicyclic amines) is 1. The smallest absolute Gasteiger partial charge is 0.326 e. The number of hydrogen-bond acceptors (Lipinski definition) is 5. The lowest BCUT2D eigenvalue weighted by Crippen LogP contribution is -2.42. The second-order valence-corrected chi connectivity index (χ2v) is 6.38. The number of rotatable bonds is 3. The lowest BCUT2D eigenvalue weighted by molar-refractivity contribution is -0.133. The number of amides is 1. The van der Waals surface area contributed by atoms with Crippen LogP contribution in [0.25, 0.3) is 11.0 Å². The molecule has 1 atom stereocenters. The number of carbonyl (C=O) groups is 1. The molecule has 0 aliphatic carbocycles. The Balaban J connectivity index is 1.52. The van der Waals surface area contributed by atoms with Crippen LogP contribution in [0.15, 0.2) is 33.6 Å². The third-order valence-corrected chi connectivity index (χ3v) is 4.66. The van der Waals surface area contributed by atoms with E-state index in [0.29, 0.717) is 24.8 Å². The first-order valence-corrected chi connectivity index (χ1v) is 8.37. The highest BCUT2D eigenvalue weighted by molar-refractivity contribution is 5.80. The maximum Gasteiger partial charge on any atom is 0.326 e. The molecule has 8 heteroatoms. The Hall–Kier alpha value is -2.90. The summed E-state index contributed by atoms with van der Waals surface area (Å²) in [5, 5.41) is 3.98. The first-order valence-electron chi connectivity index (χ1n) is 8.37. The molecule has 1 aliphatic heterocycles. The van der Waals surface area contributed by atoms with Gasteiger partial charge in [-0.25, -0.2) is 4.79 Å². The summed E-state index contributed by atoms with van der Waals surface area (Å²) in [6.07, 6.45) is 1.81. The van der Waals surface area contributed by atoms with Gasteiger partial charge >= 0.3 is 5.69 Å². The van der Waals surface area contributed by atoms with Gasteiger partial charge in [0, 0.05) is 25.9 Å². The van der Waals surface area contributed by atoms with E-state index in [0.717, 1.165) is 23.9 Å². The van der Waals surface area contributed by atoms with Crippen molar-refractivity contribution in [3.05, 3.63) is 46.5 Å². The van der Waals surface area contributed by atoms with Gasteiger partial charge in [-0.05, 0) is 25.0 Å². The first kappa shape index (κ1) is 15.6. The van der Waals surface area contributed by atoms with Crippen molar-refractivity contribution in [1.82, 2.24) is 24.6 Å². The fraction of sp³-hybridized carbons (Fsp3) is 0.412. The molecule has 1 amide bonds. The van der Waals surface area contributed by atoms with Crippen LogP contribution in [-0.2, 0) is 11.3 Å². The SMILES string of the molecule is Cc1nc([C@H]2CCCN(C(=O)Cn3c(=O)[nH]c4ccccc43)C2)no1. The molecule has 1 aliphatic rings. The van der Waals surface area contributed by atoms with Gasteiger partial charge in [0.2, 0.25) is 11.8 Å². The van der Waals surface area contributed by atoms with Crippen LogP contribution in [0.4, 0.5) is 0 Å². The fourth-order valence-electron chi connectivity index (χ4n) is 3.39. The standard InChI is InChI=1S/C17H19N5O3/c1-11-18-16(20-25-11)12-5-4-8-21(9-12)15(23)10-22-14-7-3-2-6-13(14)19-17(22)24/h2-3,6-7,12H,4-5,8-10H2,1H3,(H,19,24)/t12-/m0/s1. The molecule has 3 heterocycles. The van der Waals surface area contributed by atoms with Crippen LogP contribution in [0.1, 0.15) is 30.5 Å². The number of H-pyrrole nitrogens is 1. The van der Waals surface area contributed by atoms with Crippen LogP contribution in [-0.4, -0.2) is 43.6 Å². The molecule has 0 unspecified atom stereocenters. The van der Waals surface area contributed by atoms with E-state index in [4.69, 9.17) is 4.52 Å². The van der Waals surface area contributed by atoms with E-state index < -0.39 is 0 Å². The van der Waals surface area contributed by atoms with Gasteiger partial charge in [0.15, 0.2) is 5.82 Å². The number of hydrogen-bond donors (Lipinski definition) is 1. The van der Waals surface area contributed by atoms with E-state index in [9.17, 15) is 9.59 Å². The maximum absolute atomic E-state index is 12.7. The highest BCUT2D eigenvalue weighted by atomic mass is 16.5. The summed E-state index contributed by atoms with van der Waals surface area (Å²) < 4.78 is 6.53. The number of aryl methyl sites for hydroxylation is 1. The Morgan fingerprint density at radius 3 is 3.04 bits per heavy atom. The number of carbonyl (C=O) groups excluding carboxylic acids is 1. The molecule has 130 valence electrons. The number of nitrogens with zero attached hydrogens (tertiary/aromatic N) is 4. The molecule has 1 saturated heterocycles. The molecule has 0 radical (unpaired) electrons. The van der Waals surface area contributed by atoms with Gasteiger partial charge in [-0.15, -0.1) is 0 Å². The summed E-state index contributed by atoms with van der Waals surface area (Å²) in [6, 6.07) is 7.37. The fourth-order valence-corrected chi connectivity index (χ4v) is 3.39. The van der Waals surface area contributed by atoms with Crippen molar-refractivity contribution in [2.45, 2.75) is 32.2 Å². The Morgan fingerprint density at radius 1 is 1.40 bits per heavy atom. The minimum atomic E-state index is -0.267. The number of aromatic nitrogens is 4. The molecule has 0 saturated carbocycles. The van der Waals surface area contributed by atoms with Crippen molar-refractivity contribution in [2.24, 2.45) is 0 Å². The van der Waals surface area contributed by atoms with Crippen LogP contribution in [0.3, 0.4) is 0 Å². The summed E-state index contributed by atoms with van der Waals surface area (Å²) in [7, 11) is 0. The Bertz CT molecular complexity index is 970. The molecule has 1 N–H and O–H groups in total. The molecular formula is C17H19N5O3. The lowest BCUT2D eigenvalue weighted by Gasteiger charge is -2.31. The van der Waals surface area contributed by atoms with Gasteiger partial charge in [0.05, 0.1) is 11.0 Å². The normalized spacial score (nSPS) is 18.0. The summed E-state index contributed by atoms with van der Waals surface area (Å²) in [4.78, 5) is 33.7. The van der Waals surface area contributed by atoms with E-state index in [1.54, 1.807) is 11.8 Å². The molecule has 1 aromatic carbocycles. The van der Waals surface area contributed by atoms with Gasteiger partial charge < -0.3 is 14.4 Å². The predicted molar refractivity (Wildman–Crippen MR) is 90.1 cm³/mol. The zero-order chi connectivity index (χ0) is 17.4. The number of imidazole rings is 1. The van der Waals surface area contributed by atoms with Gasteiger partial charge in [0.1, 0.15) is 6.54 Å². The van der Waals surface area contributed by atoms with Gasteiger partial charge in [-0.1, -0.05) is 17.3 Å². The lowest BCUT2D eigenvalue weighted by atomic mass is 9.97. The second kappa shape index (κ2) is 6.19. The highest BCUT2D eigenvalue weighted by Crippen LogP contribution is 2.25. The molecule has 0 bridgehead atoms. The zero-order valence-corrected chi connectivity index (χ0v) is 13.9. The van der Waals surface area contributed by atoms with Crippen LogP contribution < -0.4 is 5.69 Å². The summed E-state index contributed by atoms with van der Waals surface area (Å²) in [5.41, 5.74) is 1.21. The van der Waals surface area contributed by atoms with Crippen molar-refractivity contribution >= 4 is 16.9 Å². The van der Waals surface area contributed by atoms with Gasteiger partial charge in [0.25, 0.3) is 0 Å². The number of benzene rings is 1. The van der Waals surface area contributed by atoms with E-state index in [1.807, 2.05) is 24.3 Å². The third-order valence-electron chi connectivity index (χ3n) is 4.66. The first-order chi connectivity index (χ1) is 12.1. The van der Waals surface area contributed by atoms with Gasteiger partial charge in [-0.3, -0.25) is 9.36 Å². The van der Waals surface area contributed by atoms with E-state index in [-0.39, 0.29) is 24.1 Å². The summed E-state index contributed by atoms with van der Waals surface area (Å²) >= 11 is 0. The molecular weight excluding hydrogens is 322 g/mol. The number of para-hydroxylation sites is 2. The Labute approximate surface area is 143 Å². The zero-order valence-electron chi connectivity index (χ0n) is 13.9. The molecule has 8 nitrogen and oxygen atoms in total. The molecule has 25 heavy (non-hydrogen) atoms. The molecule has 0 spiro atoms. The highest BCUT2D eigenvalue weighted by Gasteiger charge is 2.28. The second-order valence-electron chi connectivity index (χ2n) is 6.38. The van der Waals surface area contributed by atoms with Crippen molar-refractivity contribution in [3.8, 4) is 0 Å². The molecule has 3 aromatic rings. The Kier molecular flexibility index (Phi) is 3.87. The van der Waals surface area contributed by atoms with Crippen molar-refractivity contribution in [1.29, 1.82) is 0 Å². The van der Waals surface area contributed by atoms with Crippen molar-refractivity contribution in [2.75, 3.05) is 13.1 Å². The largest absolute Gasteiger partial charge is 0.340 e. The number of nitrogens with one attached hydrogen (secondary N) is 1. The van der Waals surface area contributed by atoms with E-state index in [2.05, 4.69) is 15.1 Å².